The number of ether oxygens (including phenoxy) is 5. The number of hydrogen-bond acceptors (Lipinski definition) is 10. The van der Waals surface area contributed by atoms with Gasteiger partial charge in [-0.3, -0.25) is 13.6 Å². The van der Waals surface area contributed by atoms with Crippen LogP contribution in [0.1, 0.15) is 119 Å². The molecular formula is C37H67O9PS. The summed E-state index contributed by atoms with van der Waals surface area (Å²) >= 11 is 1.62. The van der Waals surface area contributed by atoms with Crippen molar-refractivity contribution in [2.45, 2.75) is 159 Å². The van der Waals surface area contributed by atoms with E-state index in [9.17, 15) is 4.57 Å². The molecule has 2 rings (SSSR count). The lowest BCUT2D eigenvalue weighted by Crippen LogP contribution is -2.63. The summed E-state index contributed by atoms with van der Waals surface area (Å²) in [7, 11) is -3.84. The molecule has 0 N–H and O–H groups in total. The van der Waals surface area contributed by atoms with Crippen LogP contribution in [-0.2, 0) is 41.8 Å². The molecule has 1 saturated heterocycles. The van der Waals surface area contributed by atoms with Crippen molar-refractivity contribution in [1.29, 1.82) is 0 Å². The Hall–Kier alpha value is -0.520. The van der Waals surface area contributed by atoms with E-state index in [4.69, 9.17) is 37.3 Å². The molecule has 1 aliphatic rings. The molecule has 280 valence electrons. The standard InChI is InChI=1S/C37H67O9PS/c1-7-13-24-39-32(30-45-47(38,43-28-17-11-5)44-29-18-12-6)33-34(40-25-14-8-2)35(41-26-15-9-3)36(42-27-16-10-4)37(46-33)48-31-22-20-19-21-23-31/h19-23,32-37H,7-18,24-30H2,1-6H3/t32-,33?,34-,35?,36-,37-/m1/s1. The van der Waals surface area contributed by atoms with Gasteiger partial charge in [0.25, 0.3) is 0 Å². The molecule has 0 aliphatic carbocycles. The first-order valence-electron chi connectivity index (χ1n) is 18.8. The number of thioether (sulfide) groups is 1. The van der Waals surface area contributed by atoms with Crippen molar-refractivity contribution < 1.29 is 41.8 Å². The van der Waals surface area contributed by atoms with Gasteiger partial charge in [-0.05, 0) is 50.7 Å². The van der Waals surface area contributed by atoms with Crippen LogP contribution in [0, 0.1) is 0 Å². The summed E-state index contributed by atoms with van der Waals surface area (Å²) in [5.41, 5.74) is -0.405. The topological polar surface area (TPSA) is 90.9 Å². The molecule has 6 atom stereocenters. The highest BCUT2D eigenvalue weighted by molar-refractivity contribution is 7.99. The highest BCUT2D eigenvalue weighted by Gasteiger charge is 2.51. The second-order valence-corrected chi connectivity index (χ2v) is 15.2. The second kappa shape index (κ2) is 27.2. The van der Waals surface area contributed by atoms with Crippen LogP contribution in [0.5, 0.6) is 0 Å². The zero-order chi connectivity index (χ0) is 34.9. The van der Waals surface area contributed by atoms with E-state index in [1.165, 1.54) is 0 Å². The molecule has 0 amide bonds. The van der Waals surface area contributed by atoms with Crippen LogP contribution >= 0.6 is 19.6 Å². The third-order valence-corrected chi connectivity index (χ3v) is 10.7. The quantitative estimate of drug-likeness (QED) is 0.0565. The summed E-state index contributed by atoms with van der Waals surface area (Å²) in [6, 6.07) is 10.2. The van der Waals surface area contributed by atoms with Gasteiger partial charge in [0.15, 0.2) is 0 Å². The maximum absolute atomic E-state index is 13.9. The molecule has 0 aromatic heterocycles. The highest BCUT2D eigenvalue weighted by atomic mass is 32.2. The Morgan fingerprint density at radius 3 is 1.65 bits per heavy atom. The minimum atomic E-state index is -3.84. The van der Waals surface area contributed by atoms with Crippen molar-refractivity contribution >= 4 is 19.6 Å². The number of phosphoric ester groups is 1. The minimum Gasteiger partial charge on any atom is -0.373 e. The van der Waals surface area contributed by atoms with Crippen molar-refractivity contribution in [2.75, 3.05) is 46.2 Å². The van der Waals surface area contributed by atoms with E-state index in [-0.39, 0.29) is 12.7 Å². The van der Waals surface area contributed by atoms with Crippen LogP contribution in [0.15, 0.2) is 35.2 Å². The van der Waals surface area contributed by atoms with Crippen LogP contribution in [-0.4, -0.2) is 82.2 Å². The summed E-state index contributed by atoms with van der Waals surface area (Å²) in [6.07, 6.45) is 8.48. The van der Waals surface area contributed by atoms with Crippen molar-refractivity contribution in [3.63, 3.8) is 0 Å². The molecule has 48 heavy (non-hydrogen) atoms. The number of phosphoric acid groups is 1. The van der Waals surface area contributed by atoms with Crippen LogP contribution in [0.4, 0.5) is 0 Å². The molecule has 1 aromatic rings. The fourth-order valence-corrected chi connectivity index (χ4v) is 7.44. The number of hydrogen-bond donors (Lipinski definition) is 0. The van der Waals surface area contributed by atoms with Gasteiger partial charge < -0.3 is 23.7 Å². The Morgan fingerprint density at radius 2 is 1.10 bits per heavy atom. The first kappa shape index (κ1) is 43.6. The maximum atomic E-state index is 13.9. The fourth-order valence-electron chi connectivity index (χ4n) is 5.04. The van der Waals surface area contributed by atoms with Gasteiger partial charge in [0.1, 0.15) is 36.0 Å². The van der Waals surface area contributed by atoms with Crippen LogP contribution in [0.3, 0.4) is 0 Å². The zero-order valence-corrected chi connectivity index (χ0v) is 32.5. The van der Waals surface area contributed by atoms with Crippen molar-refractivity contribution in [1.82, 2.24) is 0 Å². The zero-order valence-electron chi connectivity index (χ0n) is 30.8. The average molecular weight is 719 g/mol. The average Bonchev–Trinajstić information content (AvgIpc) is 3.09. The predicted molar refractivity (Wildman–Crippen MR) is 195 cm³/mol. The first-order chi connectivity index (χ1) is 23.5. The predicted octanol–water partition coefficient (Wildman–Crippen LogP) is 10.0. The van der Waals surface area contributed by atoms with Gasteiger partial charge in [-0.25, -0.2) is 4.57 Å². The third-order valence-electron chi connectivity index (χ3n) is 8.04. The van der Waals surface area contributed by atoms with E-state index in [0.717, 1.165) is 81.9 Å². The lowest BCUT2D eigenvalue weighted by atomic mass is 9.95. The molecule has 1 aliphatic heterocycles. The summed E-state index contributed by atoms with van der Waals surface area (Å²) in [6.45, 7) is 15.5. The van der Waals surface area contributed by atoms with Gasteiger partial charge in [0.2, 0.25) is 0 Å². The van der Waals surface area contributed by atoms with Crippen molar-refractivity contribution in [3.05, 3.63) is 30.3 Å². The van der Waals surface area contributed by atoms with Gasteiger partial charge in [-0.1, -0.05) is 110 Å². The normalized spacial score (nSPS) is 22.2. The Kier molecular flexibility index (Phi) is 24.7. The van der Waals surface area contributed by atoms with Gasteiger partial charge in [-0.2, -0.15) is 0 Å². The third kappa shape index (κ3) is 16.7. The van der Waals surface area contributed by atoms with Crippen molar-refractivity contribution in [2.24, 2.45) is 0 Å². The summed E-state index contributed by atoms with van der Waals surface area (Å²) in [4.78, 5) is 1.07. The van der Waals surface area contributed by atoms with E-state index in [0.29, 0.717) is 39.6 Å². The molecule has 0 radical (unpaired) electrons. The van der Waals surface area contributed by atoms with E-state index in [2.05, 4.69) is 53.7 Å². The Balaban J connectivity index is 2.52. The number of benzene rings is 1. The van der Waals surface area contributed by atoms with E-state index in [1.54, 1.807) is 11.8 Å². The Labute approximate surface area is 296 Å². The van der Waals surface area contributed by atoms with E-state index < -0.39 is 37.7 Å². The molecule has 0 bridgehead atoms. The SMILES string of the molecule is CCCCOC1[C@H](OCCCC)C([C@@H](COP(=O)(OCCCC)OCCCC)OCCCC)O[C@H](Sc2ccccc2)[C@@H]1OCCCC. The Bertz CT molecular complexity index is 929. The lowest BCUT2D eigenvalue weighted by Gasteiger charge is -2.48. The van der Waals surface area contributed by atoms with E-state index >= 15 is 0 Å². The lowest BCUT2D eigenvalue weighted by molar-refractivity contribution is -0.262. The molecule has 1 fully saturated rings. The molecule has 11 heteroatoms. The highest BCUT2D eigenvalue weighted by Crippen LogP contribution is 2.50. The second-order valence-electron chi connectivity index (χ2n) is 12.3. The largest absolute Gasteiger partial charge is 0.474 e. The fraction of sp³-hybridized carbons (Fsp3) is 0.838. The maximum Gasteiger partial charge on any atom is 0.474 e. The van der Waals surface area contributed by atoms with Gasteiger partial charge in [0.05, 0.1) is 19.8 Å². The van der Waals surface area contributed by atoms with E-state index in [1.807, 2.05) is 18.2 Å². The molecule has 1 heterocycles. The molecule has 0 saturated carbocycles. The summed E-state index contributed by atoms with van der Waals surface area (Å²) < 4.78 is 65.1. The monoisotopic (exact) mass is 718 g/mol. The molecule has 1 aromatic carbocycles. The van der Waals surface area contributed by atoms with Crippen LogP contribution in [0.2, 0.25) is 0 Å². The molecule has 9 nitrogen and oxygen atoms in total. The molecule has 2 unspecified atom stereocenters. The van der Waals surface area contributed by atoms with Crippen LogP contribution in [0.25, 0.3) is 0 Å². The van der Waals surface area contributed by atoms with Gasteiger partial charge in [-0.15, -0.1) is 0 Å². The molecule has 0 spiro atoms. The van der Waals surface area contributed by atoms with Crippen LogP contribution < -0.4 is 0 Å². The minimum absolute atomic E-state index is 0.0384. The molecular weight excluding hydrogens is 651 g/mol. The van der Waals surface area contributed by atoms with Crippen molar-refractivity contribution in [3.8, 4) is 0 Å². The Morgan fingerprint density at radius 1 is 0.625 bits per heavy atom. The number of unbranched alkanes of at least 4 members (excludes halogenated alkanes) is 6. The summed E-state index contributed by atoms with van der Waals surface area (Å²) in [5.74, 6) is 0. The first-order valence-corrected chi connectivity index (χ1v) is 21.2. The van der Waals surface area contributed by atoms with Gasteiger partial charge >= 0.3 is 7.82 Å². The summed E-state index contributed by atoms with van der Waals surface area (Å²) in [5, 5.41) is 0. The number of rotatable bonds is 30. The smallest absolute Gasteiger partial charge is 0.373 e. The van der Waals surface area contributed by atoms with Gasteiger partial charge in [0, 0.05) is 31.3 Å².